The van der Waals surface area contributed by atoms with Crippen LogP contribution in [0.25, 0.3) is 0 Å². The van der Waals surface area contributed by atoms with Gasteiger partial charge < -0.3 is 9.47 Å². The summed E-state index contributed by atoms with van der Waals surface area (Å²) >= 11 is 0. The molecule has 0 amide bonds. The van der Waals surface area contributed by atoms with E-state index in [1.807, 2.05) is 0 Å². The van der Waals surface area contributed by atoms with Crippen molar-refractivity contribution in [3.63, 3.8) is 0 Å². The average molecular weight is 270 g/mol. The molecule has 0 aromatic rings. The van der Waals surface area contributed by atoms with Crippen molar-refractivity contribution < 1.29 is 9.47 Å². The topological polar surface area (TPSA) is 56.5 Å². The molecule has 0 spiro atoms. The highest BCUT2D eigenvalue weighted by Crippen LogP contribution is 2.37. The third kappa shape index (κ3) is 3.91. The number of nitrogens with two attached hydrogens (primary N) is 1. The van der Waals surface area contributed by atoms with Crippen molar-refractivity contribution in [2.45, 2.75) is 69.9 Å². The smallest absolute Gasteiger partial charge is 0.0848 e. The second-order valence-corrected chi connectivity index (χ2v) is 6.07. The van der Waals surface area contributed by atoms with E-state index in [9.17, 15) is 0 Å². The number of rotatable bonds is 6. The minimum atomic E-state index is -0.0277. The van der Waals surface area contributed by atoms with E-state index < -0.39 is 0 Å². The maximum atomic E-state index is 6.19. The fraction of sp³-hybridized carbons (Fsp3) is 1.00. The molecule has 1 heterocycles. The van der Waals surface area contributed by atoms with Crippen molar-refractivity contribution >= 4 is 0 Å². The molecule has 0 radical (unpaired) electrons. The fourth-order valence-corrected chi connectivity index (χ4v) is 3.78. The van der Waals surface area contributed by atoms with Crippen LogP contribution in [0.15, 0.2) is 0 Å². The van der Waals surface area contributed by atoms with Crippen LogP contribution >= 0.6 is 0 Å². The fourth-order valence-electron chi connectivity index (χ4n) is 3.78. The van der Waals surface area contributed by atoms with E-state index in [1.54, 1.807) is 0 Å². The second kappa shape index (κ2) is 7.58. The van der Waals surface area contributed by atoms with Crippen LogP contribution in [0.2, 0.25) is 0 Å². The van der Waals surface area contributed by atoms with Gasteiger partial charge in [0.1, 0.15) is 0 Å². The van der Waals surface area contributed by atoms with Crippen LogP contribution in [0.4, 0.5) is 0 Å². The summed E-state index contributed by atoms with van der Waals surface area (Å²) in [5, 5.41) is 0. The molecule has 0 bridgehead atoms. The number of ether oxygens (including phenoxy) is 2. The van der Waals surface area contributed by atoms with Crippen molar-refractivity contribution in [2.24, 2.45) is 11.8 Å². The van der Waals surface area contributed by atoms with Gasteiger partial charge in [-0.3, -0.25) is 11.3 Å². The first kappa shape index (κ1) is 15.2. The molecule has 3 N–H and O–H groups in total. The highest BCUT2D eigenvalue weighted by Gasteiger charge is 2.41. The highest BCUT2D eigenvalue weighted by atomic mass is 16.5. The molecule has 0 aromatic carbocycles. The van der Waals surface area contributed by atoms with Crippen molar-refractivity contribution in [1.29, 1.82) is 0 Å². The van der Waals surface area contributed by atoms with Gasteiger partial charge in [-0.1, -0.05) is 19.3 Å². The third-order valence-electron chi connectivity index (χ3n) is 4.88. The summed E-state index contributed by atoms with van der Waals surface area (Å²) in [6, 6.07) is 0.288. The van der Waals surface area contributed by atoms with Gasteiger partial charge >= 0.3 is 0 Å². The van der Waals surface area contributed by atoms with Crippen LogP contribution < -0.4 is 11.3 Å². The lowest BCUT2D eigenvalue weighted by molar-refractivity contribution is -0.0968. The zero-order valence-corrected chi connectivity index (χ0v) is 12.3. The lowest BCUT2D eigenvalue weighted by Gasteiger charge is -2.44. The molecule has 1 aliphatic carbocycles. The van der Waals surface area contributed by atoms with Gasteiger partial charge in [0.2, 0.25) is 0 Å². The molecule has 0 aromatic heterocycles. The predicted molar refractivity (Wildman–Crippen MR) is 76.7 cm³/mol. The zero-order chi connectivity index (χ0) is 13.6. The van der Waals surface area contributed by atoms with Gasteiger partial charge in [0, 0.05) is 19.8 Å². The van der Waals surface area contributed by atoms with Crippen LogP contribution in [-0.4, -0.2) is 31.5 Å². The Morgan fingerprint density at radius 2 is 1.95 bits per heavy atom. The molecule has 1 atom stereocenters. The molecule has 4 nitrogen and oxygen atoms in total. The largest absolute Gasteiger partial charge is 0.381 e. The number of nitrogens with one attached hydrogen (secondary N) is 1. The molecule has 2 fully saturated rings. The van der Waals surface area contributed by atoms with Gasteiger partial charge in [-0.05, 0) is 44.9 Å². The quantitative estimate of drug-likeness (QED) is 0.575. The Labute approximate surface area is 117 Å². The maximum absolute atomic E-state index is 6.19. The Hall–Kier alpha value is -0.160. The van der Waals surface area contributed by atoms with Crippen LogP contribution in [-0.2, 0) is 9.47 Å². The summed E-state index contributed by atoms with van der Waals surface area (Å²) in [6.45, 7) is 4.69. The van der Waals surface area contributed by atoms with Gasteiger partial charge in [-0.2, -0.15) is 0 Å². The van der Waals surface area contributed by atoms with E-state index in [0.717, 1.165) is 45.0 Å². The Kier molecular flexibility index (Phi) is 6.07. The lowest BCUT2D eigenvalue weighted by atomic mass is 9.75. The minimum Gasteiger partial charge on any atom is -0.381 e. The number of hydrogen-bond acceptors (Lipinski definition) is 4. The molecule has 1 aliphatic heterocycles. The first-order chi connectivity index (χ1) is 9.30. The van der Waals surface area contributed by atoms with Gasteiger partial charge in [0.25, 0.3) is 0 Å². The third-order valence-corrected chi connectivity index (χ3v) is 4.88. The van der Waals surface area contributed by atoms with Crippen molar-refractivity contribution in [2.75, 3.05) is 19.8 Å². The Morgan fingerprint density at radius 3 is 2.53 bits per heavy atom. The Balaban J connectivity index is 1.98. The first-order valence-electron chi connectivity index (χ1n) is 7.98. The molecule has 1 saturated heterocycles. The molecule has 1 unspecified atom stereocenters. The molecule has 1 saturated carbocycles. The normalized spacial score (nSPS) is 26.2. The van der Waals surface area contributed by atoms with Gasteiger partial charge in [0.15, 0.2) is 0 Å². The van der Waals surface area contributed by atoms with E-state index in [1.165, 1.54) is 32.1 Å². The van der Waals surface area contributed by atoms with E-state index in [-0.39, 0.29) is 11.6 Å². The highest BCUT2D eigenvalue weighted by molar-refractivity contribution is 4.95. The van der Waals surface area contributed by atoms with Crippen LogP contribution in [0, 0.1) is 5.92 Å². The van der Waals surface area contributed by atoms with E-state index in [2.05, 4.69) is 12.3 Å². The predicted octanol–water partition coefficient (Wildman–Crippen LogP) is 2.37. The van der Waals surface area contributed by atoms with Crippen molar-refractivity contribution in [1.82, 2.24) is 5.43 Å². The molecular weight excluding hydrogens is 240 g/mol. The van der Waals surface area contributed by atoms with E-state index in [0.29, 0.717) is 0 Å². The first-order valence-corrected chi connectivity index (χ1v) is 7.98. The van der Waals surface area contributed by atoms with Crippen molar-refractivity contribution in [3.8, 4) is 0 Å². The molecule has 2 aliphatic rings. The molecule has 4 heteroatoms. The molecule has 112 valence electrons. The van der Waals surface area contributed by atoms with E-state index >= 15 is 0 Å². The number of hydrogen-bond donors (Lipinski definition) is 2. The van der Waals surface area contributed by atoms with E-state index in [4.69, 9.17) is 15.3 Å². The second-order valence-electron chi connectivity index (χ2n) is 6.07. The monoisotopic (exact) mass is 270 g/mol. The lowest BCUT2D eigenvalue weighted by Crippen LogP contribution is -2.56. The zero-order valence-electron chi connectivity index (χ0n) is 12.3. The summed E-state index contributed by atoms with van der Waals surface area (Å²) in [5.41, 5.74) is 3.05. The van der Waals surface area contributed by atoms with Gasteiger partial charge in [-0.15, -0.1) is 0 Å². The molecular formula is C15H30N2O2. The Morgan fingerprint density at radius 1 is 1.26 bits per heavy atom. The summed E-state index contributed by atoms with van der Waals surface area (Å²) < 4.78 is 11.6. The summed E-state index contributed by atoms with van der Waals surface area (Å²) in [4.78, 5) is 0. The van der Waals surface area contributed by atoms with Crippen LogP contribution in [0.1, 0.15) is 58.3 Å². The SMILES string of the molecule is CCOC1(C(CC2CCOCC2)NN)CCCCC1. The van der Waals surface area contributed by atoms with Crippen molar-refractivity contribution in [3.05, 3.63) is 0 Å². The minimum absolute atomic E-state index is 0.0277. The standard InChI is InChI=1S/C15H30N2O2/c1-2-19-15(8-4-3-5-9-15)14(17-16)12-13-6-10-18-11-7-13/h13-14,17H,2-12,16H2,1H3. The van der Waals surface area contributed by atoms with Crippen LogP contribution in [0.3, 0.4) is 0 Å². The summed E-state index contributed by atoms with van der Waals surface area (Å²) in [7, 11) is 0. The van der Waals surface area contributed by atoms with Gasteiger partial charge in [-0.25, -0.2) is 0 Å². The maximum Gasteiger partial charge on any atom is 0.0848 e. The average Bonchev–Trinajstić information content (AvgIpc) is 2.47. The Bertz CT molecular complexity index is 243. The molecule has 19 heavy (non-hydrogen) atoms. The van der Waals surface area contributed by atoms with Gasteiger partial charge in [0.05, 0.1) is 11.6 Å². The van der Waals surface area contributed by atoms with Crippen LogP contribution in [0.5, 0.6) is 0 Å². The molecule has 2 rings (SSSR count). The summed E-state index contributed by atoms with van der Waals surface area (Å²) in [5.74, 6) is 6.61. The summed E-state index contributed by atoms with van der Waals surface area (Å²) in [6.07, 6.45) is 9.64. The number of hydrazine groups is 1.